The molecule has 0 N–H and O–H groups in total. The summed E-state index contributed by atoms with van der Waals surface area (Å²) in [5.74, 6) is 2.55. The number of furan rings is 1. The molecule has 1 aliphatic heterocycles. The van der Waals surface area contributed by atoms with Gasteiger partial charge in [0.2, 0.25) is 0 Å². The Morgan fingerprint density at radius 3 is 2.96 bits per heavy atom. The minimum atomic E-state index is 0.224. The molecule has 0 amide bonds. The van der Waals surface area contributed by atoms with Gasteiger partial charge < -0.3 is 9.15 Å². The second kappa shape index (κ2) is 7.98. The number of aromatic nitrogens is 3. The standard InChI is InChI=1S/C19H20BrN3O2S/c1-13-17(7-9-24-13)18-21-22-19(23(18)11-16-6-3-8-25-16)26-12-14-4-2-5-15(20)10-14/h2,4-5,7,9-10,16H,3,6,8,11-12H2,1H3. The minimum Gasteiger partial charge on any atom is -0.469 e. The van der Waals surface area contributed by atoms with E-state index >= 15 is 0 Å². The molecule has 3 heterocycles. The maximum atomic E-state index is 5.85. The minimum absolute atomic E-state index is 0.224. The normalized spacial score (nSPS) is 17.1. The fourth-order valence-electron chi connectivity index (χ4n) is 3.14. The van der Waals surface area contributed by atoms with E-state index in [1.165, 1.54) is 5.56 Å². The van der Waals surface area contributed by atoms with Crippen LogP contribution in [0.25, 0.3) is 11.4 Å². The second-order valence-electron chi connectivity index (χ2n) is 6.36. The number of ether oxygens (including phenoxy) is 1. The van der Waals surface area contributed by atoms with Crippen molar-refractivity contribution in [2.24, 2.45) is 0 Å². The number of hydrogen-bond acceptors (Lipinski definition) is 5. The zero-order valence-corrected chi connectivity index (χ0v) is 16.9. The monoisotopic (exact) mass is 433 g/mol. The van der Waals surface area contributed by atoms with E-state index in [1.807, 2.05) is 19.1 Å². The van der Waals surface area contributed by atoms with Crippen LogP contribution in [0.5, 0.6) is 0 Å². The number of nitrogens with zero attached hydrogens (tertiary/aromatic N) is 3. The summed E-state index contributed by atoms with van der Waals surface area (Å²) in [5, 5.41) is 9.83. The van der Waals surface area contributed by atoms with Gasteiger partial charge in [-0.05, 0) is 43.5 Å². The summed E-state index contributed by atoms with van der Waals surface area (Å²) in [6, 6.07) is 10.3. The molecule has 0 saturated carbocycles. The Balaban J connectivity index is 1.60. The largest absolute Gasteiger partial charge is 0.469 e. The van der Waals surface area contributed by atoms with Crippen LogP contribution in [0.4, 0.5) is 0 Å². The maximum Gasteiger partial charge on any atom is 0.191 e. The highest BCUT2D eigenvalue weighted by Gasteiger charge is 2.23. The van der Waals surface area contributed by atoms with E-state index in [1.54, 1.807) is 18.0 Å². The molecule has 0 spiro atoms. The molecule has 1 aliphatic rings. The van der Waals surface area contributed by atoms with Crippen molar-refractivity contribution < 1.29 is 9.15 Å². The van der Waals surface area contributed by atoms with Crippen LogP contribution < -0.4 is 0 Å². The molecular weight excluding hydrogens is 414 g/mol. The van der Waals surface area contributed by atoms with E-state index in [9.17, 15) is 0 Å². The van der Waals surface area contributed by atoms with Crippen molar-refractivity contribution >= 4 is 27.7 Å². The van der Waals surface area contributed by atoms with Crippen LogP contribution in [0.3, 0.4) is 0 Å². The third-order valence-corrected chi connectivity index (χ3v) is 6.01. The summed E-state index contributed by atoms with van der Waals surface area (Å²) < 4.78 is 14.6. The summed E-state index contributed by atoms with van der Waals surface area (Å²) in [5.41, 5.74) is 2.24. The Morgan fingerprint density at radius 2 is 2.23 bits per heavy atom. The Morgan fingerprint density at radius 1 is 1.31 bits per heavy atom. The highest BCUT2D eigenvalue weighted by molar-refractivity contribution is 9.10. The molecule has 0 bridgehead atoms. The van der Waals surface area contributed by atoms with Gasteiger partial charge in [-0.2, -0.15) is 0 Å². The molecule has 0 aliphatic carbocycles. The molecule has 1 atom stereocenters. The highest BCUT2D eigenvalue weighted by Crippen LogP contribution is 2.30. The van der Waals surface area contributed by atoms with E-state index in [0.717, 1.165) is 58.5 Å². The third-order valence-electron chi connectivity index (χ3n) is 4.48. The SMILES string of the molecule is Cc1occc1-c1nnc(SCc2cccc(Br)c2)n1CC1CCCO1. The Hall–Kier alpha value is -1.57. The van der Waals surface area contributed by atoms with E-state index < -0.39 is 0 Å². The van der Waals surface area contributed by atoms with E-state index in [2.05, 4.69) is 48.9 Å². The second-order valence-corrected chi connectivity index (χ2v) is 8.22. The summed E-state index contributed by atoms with van der Waals surface area (Å²) in [6.07, 6.45) is 4.12. The van der Waals surface area contributed by atoms with Crippen molar-refractivity contribution in [2.45, 2.75) is 43.3 Å². The van der Waals surface area contributed by atoms with Gasteiger partial charge in [0.05, 0.1) is 24.5 Å². The van der Waals surface area contributed by atoms with Crippen LogP contribution in [0.1, 0.15) is 24.2 Å². The molecule has 1 aromatic carbocycles. The summed E-state index contributed by atoms with van der Waals surface area (Å²) >= 11 is 5.23. The number of hydrogen-bond donors (Lipinski definition) is 0. The van der Waals surface area contributed by atoms with E-state index in [-0.39, 0.29) is 6.10 Å². The van der Waals surface area contributed by atoms with Crippen molar-refractivity contribution in [2.75, 3.05) is 6.61 Å². The lowest BCUT2D eigenvalue weighted by Crippen LogP contribution is -2.16. The van der Waals surface area contributed by atoms with Crippen LogP contribution in [0.15, 0.2) is 50.6 Å². The van der Waals surface area contributed by atoms with E-state index in [4.69, 9.17) is 9.15 Å². The predicted octanol–water partition coefficient (Wildman–Crippen LogP) is 5.08. The predicted molar refractivity (Wildman–Crippen MR) is 105 cm³/mol. The first-order valence-corrected chi connectivity index (χ1v) is 10.4. The molecule has 1 fully saturated rings. The maximum absolute atomic E-state index is 5.85. The van der Waals surface area contributed by atoms with Crippen molar-refractivity contribution in [3.63, 3.8) is 0 Å². The topological polar surface area (TPSA) is 53.1 Å². The number of thioether (sulfide) groups is 1. The lowest BCUT2D eigenvalue weighted by molar-refractivity contribution is 0.0953. The quantitative estimate of drug-likeness (QED) is 0.507. The molecule has 3 aromatic rings. The molecule has 2 aromatic heterocycles. The van der Waals surface area contributed by atoms with Gasteiger partial charge in [-0.1, -0.05) is 39.8 Å². The van der Waals surface area contributed by atoms with Gasteiger partial charge >= 0.3 is 0 Å². The molecular formula is C19H20BrN3O2S. The number of benzene rings is 1. The van der Waals surface area contributed by atoms with Gasteiger partial charge in [-0.25, -0.2) is 0 Å². The fourth-order valence-corrected chi connectivity index (χ4v) is 4.48. The average molecular weight is 434 g/mol. The molecule has 7 heteroatoms. The van der Waals surface area contributed by atoms with Crippen LogP contribution in [-0.2, 0) is 17.0 Å². The van der Waals surface area contributed by atoms with Crippen LogP contribution in [0.2, 0.25) is 0 Å². The molecule has 26 heavy (non-hydrogen) atoms. The van der Waals surface area contributed by atoms with Gasteiger partial charge in [-0.15, -0.1) is 10.2 Å². The van der Waals surface area contributed by atoms with Crippen molar-refractivity contribution in [1.29, 1.82) is 0 Å². The lowest BCUT2D eigenvalue weighted by atomic mass is 10.2. The number of halogens is 1. The van der Waals surface area contributed by atoms with Crippen LogP contribution >= 0.6 is 27.7 Å². The van der Waals surface area contributed by atoms with Gasteiger partial charge in [0.1, 0.15) is 5.76 Å². The Kier molecular flexibility index (Phi) is 5.47. The Bertz CT molecular complexity index is 887. The zero-order valence-electron chi connectivity index (χ0n) is 14.5. The van der Waals surface area contributed by atoms with Gasteiger partial charge in [0.25, 0.3) is 0 Å². The zero-order chi connectivity index (χ0) is 17.9. The lowest BCUT2D eigenvalue weighted by Gasteiger charge is -2.14. The summed E-state index contributed by atoms with van der Waals surface area (Å²) in [4.78, 5) is 0. The summed E-state index contributed by atoms with van der Waals surface area (Å²) in [7, 11) is 0. The van der Waals surface area contributed by atoms with Crippen molar-refractivity contribution in [3.05, 3.63) is 52.4 Å². The smallest absolute Gasteiger partial charge is 0.191 e. The fraction of sp³-hybridized carbons (Fsp3) is 0.368. The first-order chi connectivity index (χ1) is 12.7. The molecule has 1 unspecified atom stereocenters. The van der Waals surface area contributed by atoms with Gasteiger partial charge in [0, 0.05) is 16.8 Å². The number of rotatable bonds is 6. The highest BCUT2D eigenvalue weighted by atomic mass is 79.9. The molecule has 136 valence electrons. The first-order valence-electron chi connectivity index (χ1n) is 8.67. The number of aryl methyl sites for hydroxylation is 1. The van der Waals surface area contributed by atoms with Gasteiger partial charge in [-0.3, -0.25) is 4.57 Å². The van der Waals surface area contributed by atoms with Crippen molar-refractivity contribution in [3.8, 4) is 11.4 Å². The molecule has 5 nitrogen and oxygen atoms in total. The molecule has 4 rings (SSSR count). The van der Waals surface area contributed by atoms with Crippen molar-refractivity contribution in [1.82, 2.24) is 14.8 Å². The molecule has 1 saturated heterocycles. The Labute approximate surface area is 165 Å². The van der Waals surface area contributed by atoms with Gasteiger partial charge in [0.15, 0.2) is 11.0 Å². The van der Waals surface area contributed by atoms with Crippen LogP contribution in [-0.4, -0.2) is 27.5 Å². The average Bonchev–Trinajstić information content (AvgIpc) is 3.36. The third kappa shape index (κ3) is 3.89. The molecule has 0 radical (unpaired) electrons. The van der Waals surface area contributed by atoms with E-state index in [0.29, 0.717) is 0 Å². The van der Waals surface area contributed by atoms with Crippen LogP contribution in [0, 0.1) is 6.92 Å². The first kappa shape index (κ1) is 17.8. The summed E-state index contributed by atoms with van der Waals surface area (Å²) in [6.45, 7) is 3.57.